The second kappa shape index (κ2) is 6.36. The minimum atomic E-state index is -3.59. The van der Waals surface area contributed by atoms with Gasteiger partial charge in [0.25, 0.3) is 10.0 Å². The lowest BCUT2D eigenvalue weighted by atomic mass is 10.3. The lowest BCUT2D eigenvalue weighted by Gasteiger charge is -2.16. The smallest absolute Gasteiger partial charge is 0.262 e. The number of nitrogens with zero attached hydrogens (tertiary/aromatic N) is 6. The fourth-order valence-electron chi connectivity index (χ4n) is 2.45. The van der Waals surface area contributed by atoms with Crippen molar-refractivity contribution in [1.29, 1.82) is 0 Å². The number of aromatic nitrogens is 4. The third-order valence-electron chi connectivity index (χ3n) is 3.74. The molecule has 0 radical (unpaired) electrons. The summed E-state index contributed by atoms with van der Waals surface area (Å²) in [5.74, 6) is 1.08. The number of hydrogen-bond acceptors (Lipinski definition) is 7. The number of hydrogen-bond donors (Lipinski definition) is 0. The largest absolute Gasteiger partial charge is 0.472 e. The first-order valence-electron chi connectivity index (χ1n) is 7.50. The Bertz CT molecular complexity index is 819. The van der Waals surface area contributed by atoms with E-state index in [1.54, 1.807) is 17.8 Å². The second-order valence-corrected chi connectivity index (χ2v) is 7.76. The van der Waals surface area contributed by atoms with E-state index in [1.165, 1.54) is 23.0 Å². The Kier molecular flexibility index (Phi) is 4.41. The van der Waals surface area contributed by atoms with Crippen molar-refractivity contribution in [2.75, 3.05) is 32.1 Å². The van der Waals surface area contributed by atoms with Crippen LogP contribution in [0.4, 0.5) is 5.82 Å². The lowest BCUT2D eigenvalue weighted by Crippen LogP contribution is -2.31. The third kappa shape index (κ3) is 3.34. The molecule has 1 atom stereocenters. The van der Waals surface area contributed by atoms with Crippen LogP contribution in [0.5, 0.6) is 5.88 Å². The van der Waals surface area contributed by atoms with Crippen molar-refractivity contribution in [3.63, 3.8) is 0 Å². The third-order valence-corrected chi connectivity index (χ3v) is 5.49. The molecule has 0 amide bonds. The van der Waals surface area contributed by atoms with E-state index in [1.807, 2.05) is 19.0 Å². The van der Waals surface area contributed by atoms with Gasteiger partial charge in [0.2, 0.25) is 5.88 Å². The first-order chi connectivity index (χ1) is 11.4. The van der Waals surface area contributed by atoms with Gasteiger partial charge in [-0.1, -0.05) is 0 Å². The number of imidazole rings is 1. The first kappa shape index (κ1) is 16.7. The minimum Gasteiger partial charge on any atom is -0.472 e. The van der Waals surface area contributed by atoms with Crippen LogP contribution < -0.4 is 9.64 Å². The van der Waals surface area contributed by atoms with E-state index >= 15 is 0 Å². The number of aryl methyl sites for hydroxylation is 1. The Morgan fingerprint density at radius 1 is 1.33 bits per heavy atom. The summed E-state index contributed by atoms with van der Waals surface area (Å²) < 4.78 is 33.9. The molecule has 2 aromatic rings. The fraction of sp³-hybridized carbons (Fsp3) is 0.500. The lowest BCUT2D eigenvalue weighted by molar-refractivity contribution is 0.206. The van der Waals surface area contributed by atoms with Gasteiger partial charge in [0.1, 0.15) is 6.10 Å². The summed E-state index contributed by atoms with van der Waals surface area (Å²) in [6, 6.07) is 0. The Balaban J connectivity index is 1.68. The van der Waals surface area contributed by atoms with Gasteiger partial charge in [-0.15, -0.1) is 0 Å². The minimum absolute atomic E-state index is 0.0556. The van der Waals surface area contributed by atoms with Gasteiger partial charge in [0, 0.05) is 33.9 Å². The number of rotatable bonds is 5. The molecule has 1 aliphatic rings. The van der Waals surface area contributed by atoms with E-state index in [0.29, 0.717) is 24.7 Å². The van der Waals surface area contributed by atoms with Crippen molar-refractivity contribution in [3.05, 3.63) is 24.9 Å². The summed E-state index contributed by atoms with van der Waals surface area (Å²) >= 11 is 0. The molecule has 130 valence electrons. The summed E-state index contributed by atoms with van der Waals surface area (Å²) in [4.78, 5) is 14.2. The van der Waals surface area contributed by atoms with Crippen molar-refractivity contribution in [2.45, 2.75) is 17.6 Å². The average Bonchev–Trinajstić information content (AvgIpc) is 3.17. The first-order valence-corrected chi connectivity index (χ1v) is 8.94. The number of sulfonamides is 1. The molecule has 0 N–H and O–H groups in total. The maximum Gasteiger partial charge on any atom is 0.262 e. The Hall–Kier alpha value is -2.20. The van der Waals surface area contributed by atoms with Crippen molar-refractivity contribution >= 4 is 15.8 Å². The molecule has 3 rings (SSSR count). The van der Waals surface area contributed by atoms with E-state index in [0.717, 1.165) is 0 Å². The zero-order chi connectivity index (χ0) is 17.3. The second-order valence-electron chi connectivity index (χ2n) is 5.88. The van der Waals surface area contributed by atoms with Crippen molar-refractivity contribution in [2.24, 2.45) is 7.05 Å². The average molecular weight is 352 g/mol. The summed E-state index contributed by atoms with van der Waals surface area (Å²) in [6.45, 7) is 0.664. The van der Waals surface area contributed by atoms with Gasteiger partial charge < -0.3 is 14.2 Å². The summed E-state index contributed by atoms with van der Waals surface area (Å²) in [6.07, 6.45) is 6.48. The van der Waals surface area contributed by atoms with Gasteiger partial charge in [0.15, 0.2) is 10.8 Å². The van der Waals surface area contributed by atoms with Crippen LogP contribution in [0.1, 0.15) is 6.42 Å². The fourth-order valence-corrected chi connectivity index (χ4v) is 3.90. The number of anilines is 1. The van der Waals surface area contributed by atoms with Crippen LogP contribution in [0.15, 0.2) is 29.9 Å². The van der Waals surface area contributed by atoms with Crippen LogP contribution >= 0.6 is 0 Å². The Morgan fingerprint density at radius 3 is 2.79 bits per heavy atom. The molecule has 3 heterocycles. The van der Waals surface area contributed by atoms with E-state index in [4.69, 9.17) is 4.74 Å². The molecule has 2 aromatic heterocycles. The SMILES string of the molecule is CN(C)c1cncc(OC2CCN(S(=O)(=O)c3cn(C)cn3)C2)n1. The molecule has 0 bridgehead atoms. The highest BCUT2D eigenvalue weighted by Crippen LogP contribution is 2.23. The molecule has 10 heteroatoms. The molecule has 0 spiro atoms. The predicted octanol–water partition coefficient (Wildman–Crippen LogP) is 0.118. The van der Waals surface area contributed by atoms with Crippen LogP contribution in [0.3, 0.4) is 0 Å². The van der Waals surface area contributed by atoms with Crippen LogP contribution in [0, 0.1) is 0 Å². The summed E-state index contributed by atoms with van der Waals surface area (Å²) in [5.41, 5.74) is 0. The van der Waals surface area contributed by atoms with Gasteiger partial charge in [-0.3, -0.25) is 4.98 Å². The van der Waals surface area contributed by atoms with Gasteiger partial charge in [0.05, 0.1) is 25.3 Å². The highest BCUT2D eigenvalue weighted by atomic mass is 32.2. The van der Waals surface area contributed by atoms with Crippen molar-refractivity contribution in [1.82, 2.24) is 23.8 Å². The van der Waals surface area contributed by atoms with E-state index in [2.05, 4.69) is 15.0 Å². The molecule has 1 unspecified atom stereocenters. The molecule has 24 heavy (non-hydrogen) atoms. The van der Waals surface area contributed by atoms with E-state index in [9.17, 15) is 8.42 Å². The molecular weight excluding hydrogens is 332 g/mol. The molecule has 1 aliphatic heterocycles. The van der Waals surface area contributed by atoms with Gasteiger partial charge in [-0.2, -0.15) is 9.29 Å². The maximum absolute atomic E-state index is 12.5. The highest BCUT2D eigenvalue weighted by Gasteiger charge is 2.35. The van der Waals surface area contributed by atoms with Crippen molar-refractivity contribution in [3.8, 4) is 5.88 Å². The monoisotopic (exact) mass is 352 g/mol. The predicted molar refractivity (Wildman–Crippen MR) is 87.4 cm³/mol. The van der Waals surface area contributed by atoms with Crippen molar-refractivity contribution < 1.29 is 13.2 Å². The number of ether oxygens (including phenoxy) is 1. The normalized spacial score (nSPS) is 18.7. The zero-order valence-electron chi connectivity index (χ0n) is 13.8. The zero-order valence-corrected chi connectivity index (χ0v) is 14.6. The van der Waals surface area contributed by atoms with E-state index in [-0.39, 0.29) is 17.7 Å². The topological polar surface area (TPSA) is 93.5 Å². The molecule has 0 aliphatic carbocycles. The van der Waals surface area contributed by atoms with Gasteiger partial charge >= 0.3 is 0 Å². The van der Waals surface area contributed by atoms with Gasteiger partial charge in [-0.25, -0.2) is 13.4 Å². The molecule has 0 aromatic carbocycles. The highest BCUT2D eigenvalue weighted by molar-refractivity contribution is 7.89. The Morgan fingerprint density at radius 2 is 2.12 bits per heavy atom. The summed E-state index contributed by atoms with van der Waals surface area (Å²) in [7, 11) is 1.88. The molecular formula is C14H20N6O3S. The van der Waals surface area contributed by atoms with Crippen LogP contribution in [0.2, 0.25) is 0 Å². The van der Waals surface area contributed by atoms with Crippen LogP contribution in [-0.2, 0) is 17.1 Å². The van der Waals surface area contributed by atoms with E-state index < -0.39 is 10.0 Å². The summed E-state index contributed by atoms with van der Waals surface area (Å²) in [5, 5.41) is 0.0556. The quantitative estimate of drug-likeness (QED) is 0.754. The Labute approximate surface area is 141 Å². The van der Waals surface area contributed by atoms with Crippen LogP contribution in [0.25, 0.3) is 0 Å². The molecule has 1 fully saturated rings. The van der Waals surface area contributed by atoms with Crippen LogP contribution in [-0.4, -0.2) is 65.5 Å². The molecule has 9 nitrogen and oxygen atoms in total. The maximum atomic E-state index is 12.5. The molecule has 0 saturated carbocycles. The standard InChI is InChI=1S/C14H20N6O3S/c1-18(2)12-6-15-7-13(17-12)23-11-4-5-20(8-11)24(21,22)14-9-19(3)10-16-14/h6-7,9-11H,4-5,8H2,1-3H3. The molecule has 1 saturated heterocycles. The van der Waals surface area contributed by atoms with Gasteiger partial charge in [-0.05, 0) is 6.42 Å².